The van der Waals surface area contributed by atoms with Crippen molar-refractivity contribution in [3.63, 3.8) is 0 Å². The third-order valence-electron chi connectivity index (χ3n) is 3.67. The minimum absolute atomic E-state index is 0.565. The second-order valence-electron chi connectivity index (χ2n) is 5.41. The topological polar surface area (TPSA) is 63.9 Å². The van der Waals surface area contributed by atoms with Crippen LogP contribution in [0.4, 0.5) is 5.82 Å². The third-order valence-corrected chi connectivity index (χ3v) is 3.67. The summed E-state index contributed by atoms with van der Waals surface area (Å²) in [6, 6.07) is 14.3. The smallest absolute Gasteiger partial charge is 0.126 e. The Balaban J connectivity index is 1.86. The van der Waals surface area contributed by atoms with E-state index in [1.807, 2.05) is 32.0 Å². The summed E-state index contributed by atoms with van der Waals surface area (Å²) >= 11 is 0. The van der Waals surface area contributed by atoms with Gasteiger partial charge in [-0.25, -0.2) is 0 Å². The number of rotatable bonds is 4. The van der Waals surface area contributed by atoms with Crippen molar-refractivity contribution in [2.75, 3.05) is 5.73 Å². The predicted molar refractivity (Wildman–Crippen MR) is 88.7 cm³/mol. The number of nitrogen functional groups attached to an aromatic ring is 1. The summed E-state index contributed by atoms with van der Waals surface area (Å²) in [6.07, 6.45) is 1.74. The van der Waals surface area contributed by atoms with Crippen LogP contribution in [0.3, 0.4) is 0 Å². The molecule has 2 aromatic carbocycles. The van der Waals surface area contributed by atoms with Crippen molar-refractivity contribution in [3.05, 3.63) is 65.4 Å². The molecule has 0 aliphatic heterocycles. The molecule has 4 heteroatoms. The van der Waals surface area contributed by atoms with Gasteiger partial charge in [0, 0.05) is 5.56 Å². The van der Waals surface area contributed by atoms with Crippen molar-refractivity contribution in [2.45, 2.75) is 20.5 Å². The largest absolute Gasteiger partial charge is 0.488 e. The van der Waals surface area contributed by atoms with E-state index in [2.05, 4.69) is 34.5 Å². The predicted octanol–water partition coefficient (Wildman–Crippen LogP) is 3.85. The van der Waals surface area contributed by atoms with Gasteiger partial charge in [0.1, 0.15) is 18.2 Å². The molecule has 0 saturated heterocycles. The molecule has 3 rings (SSSR count). The minimum atomic E-state index is 0.565. The van der Waals surface area contributed by atoms with E-state index in [0.717, 1.165) is 33.6 Å². The molecule has 0 fully saturated rings. The number of nitrogens with one attached hydrogen (secondary N) is 1. The molecular weight excluding hydrogens is 274 g/mol. The van der Waals surface area contributed by atoms with Gasteiger partial charge in [0.2, 0.25) is 0 Å². The lowest BCUT2D eigenvalue weighted by Crippen LogP contribution is -1.99. The fourth-order valence-electron chi connectivity index (χ4n) is 2.59. The van der Waals surface area contributed by atoms with Crippen LogP contribution in [0.1, 0.15) is 16.7 Å². The summed E-state index contributed by atoms with van der Waals surface area (Å²) in [6.45, 7) is 4.66. The molecule has 0 saturated carbocycles. The molecule has 1 aromatic heterocycles. The molecule has 4 nitrogen and oxygen atoms in total. The summed E-state index contributed by atoms with van der Waals surface area (Å²) in [7, 11) is 0. The first-order chi connectivity index (χ1) is 10.6. The Kier molecular flexibility index (Phi) is 3.83. The molecule has 0 unspecified atom stereocenters. The van der Waals surface area contributed by atoms with Crippen LogP contribution < -0.4 is 10.5 Å². The van der Waals surface area contributed by atoms with E-state index < -0.39 is 0 Å². The zero-order valence-electron chi connectivity index (χ0n) is 12.8. The second-order valence-corrected chi connectivity index (χ2v) is 5.41. The van der Waals surface area contributed by atoms with Crippen molar-refractivity contribution in [3.8, 4) is 16.9 Å². The Morgan fingerprint density at radius 1 is 1.09 bits per heavy atom. The quantitative estimate of drug-likeness (QED) is 0.768. The molecule has 0 amide bonds. The Hall–Kier alpha value is -2.75. The van der Waals surface area contributed by atoms with Crippen LogP contribution in [0, 0.1) is 13.8 Å². The van der Waals surface area contributed by atoms with Gasteiger partial charge in [-0.1, -0.05) is 30.3 Å². The van der Waals surface area contributed by atoms with E-state index in [0.29, 0.717) is 12.4 Å². The first kappa shape index (κ1) is 14.2. The number of aromatic nitrogens is 2. The number of benzene rings is 2. The molecule has 0 aliphatic rings. The first-order valence-electron chi connectivity index (χ1n) is 7.22. The highest BCUT2D eigenvalue weighted by molar-refractivity contribution is 5.75. The summed E-state index contributed by atoms with van der Waals surface area (Å²) in [4.78, 5) is 0. The van der Waals surface area contributed by atoms with Gasteiger partial charge in [-0.2, -0.15) is 5.10 Å². The SMILES string of the molecule is Cc1cc(-c2cn[nH]c2N)cc(C)c1OCc1ccccc1. The number of aryl methyl sites for hydroxylation is 2. The first-order valence-corrected chi connectivity index (χ1v) is 7.22. The maximum absolute atomic E-state index is 6.00. The molecule has 3 aromatic rings. The van der Waals surface area contributed by atoms with Gasteiger partial charge in [-0.05, 0) is 48.2 Å². The van der Waals surface area contributed by atoms with Crippen LogP contribution in [0.25, 0.3) is 11.1 Å². The Labute approximate surface area is 129 Å². The Morgan fingerprint density at radius 3 is 2.36 bits per heavy atom. The molecular formula is C18H19N3O. The zero-order valence-corrected chi connectivity index (χ0v) is 12.8. The monoisotopic (exact) mass is 293 g/mol. The highest BCUT2D eigenvalue weighted by atomic mass is 16.5. The molecule has 112 valence electrons. The van der Waals surface area contributed by atoms with Gasteiger partial charge in [-0.3, -0.25) is 5.10 Å². The molecule has 1 heterocycles. The summed E-state index contributed by atoms with van der Waals surface area (Å²) < 4.78 is 6.00. The van der Waals surface area contributed by atoms with E-state index in [1.54, 1.807) is 6.20 Å². The van der Waals surface area contributed by atoms with Gasteiger partial charge >= 0.3 is 0 Å². The Morgan fingerprint density at radius 2 is 1.77 bits per heavy atom. The van der Waals surface area contributed by atoms with Crippen LogP contribution in [0.2, 0.25) is 0 Å². The fraction of sp³-hybridized carbons (Fsp3) is 0.167. The van der Waals surface area contributed by atoms with Crippen molar-refractivity contribution >= 4 is 5.82 Å². The standard InChI is InChI=1S/C18H19N3O/c1-12-8-15(16-10-20-21-18(16)19)9-13(2)17(12)22-11-14-6-4-3-5-7-14/h3-10H,11H2,1-2H3,(H3,19,20,21). The number of aromatic amines is 1. The molecule has 0 aliphatic carbocycles. The lowest BCUT2D eigenvalue weighted by atomic mass is 10.0. The van der Waals surface area contributed by atoms with Crippen molar-refractivity contribution < 1.29 is 4.74 Å². The average Bonchev–Trinajstić information content (AvgIpc) is 2.93. The highest BCUT2D eigenvalue weighted by Crippen LogP contribution is 2.32. The molecule has 0 bridgehead atoms. The normalized spacial score (nSPS) is 10.6. The van der Waals surface area contributed by atoms with Crippen LogP contribution in [-0.4, -0.2) is 10.2 Å². The molecule has 3 N–H and O–H groups in total. The van der Waals surface area contributed by atoms with Crippen molar-refractivity contribution in [2.24, 2.45) is 0 Å². The van der Waals surface area contributed by atoms with Crippen molar-refractivity contribution in [1.82, 2.24) is 10.2 Å². The van der Waals surface area contributed by atoms with E-state index >= 15 is 0 Å². The van der Waals surface area contributed by atoms with Crippen LogP contribution in [0.5, 0.6) is 5.75 Å². The van der Waals surface area contributed by atoms with E-state index in [9.17, 15) is 0 Å². The van der Waals surface area contributed by atoms with Crippen LogP contribution >= 0.6 is 0 Å². The van der Waals surface area contributed by atoms with E-state index in [-0.39, 0.29) is 0 Å². The Bertz CT molecular complexity index is 755. The number of anilines is 1. The summed E-state index contributed by atoms with van der Waals surface area (Å²) in [5, 5.41) is 6.74. The van der Waals surface area contributed by atoms with E-state index in [1.165, 1.54) is 0 Å². The second kappa shape index (κ2) is 5.93. The average molecular weight is 293 g/mol. The van der Waals surface area contributed by atoms with Gasteiger partial charge in [0.15, 0.2) is 0 Å². The lowest BCUT2D eigenvalue weighted by molar-refractivity contribution is 0.302. The number of hydrogen-bond acceptors (Lipinski definition) is 3. The molecule has 0 atom stereocenters. The molecule has 22 heavy (non-hydrogen) atoms. The number of nitrogens with two attached hydrogens (primary N) is 1. The maximum Gasteiger partial charge on any atom is 0.126 e. The number of nitrogens with zero attached hydrogens (tertiary/aromatic N) is 1. The summed E-state index contributed by atoms with van der Waals surface area (Å²) in [5.41, 5.74) is 11.2. The fourth-order valence-corrected chi connectivity index (χ4v) is 2.59. The highest BCUT2D eigenvalue weighted by Gasteiger charge is 2.11. The van der Waals surface area contributed by atoms with Gasteiger partial charge in [0.25, 0.3) is 0 Å². The third kappa shape index (κ3) is 2.81. The number of H-pyrrole nitrogens is 1. The van der Waals surface area contributed by atoms with E-state index in [4.69, 9.17) is 10.5 Å². The zero-order chi connectivity index (χ0) is 15.5. The lowest BCUT2D eigenvalue weighted by Gasteiger charge is -2.14. The minimum Gasteiger partial charge on any atom is -0.488 e. The van der Waals surface area contributed by atoms with Gasteiger partial charge in [-0.15, -0.1) is 0 Å². The molecule has 0 radical (unpaired) electrons. The van der Waals surface area contributed by atoms with Crippen LogP contribution in [-0.2, 0) is 6.61 Å². The van der Waals surface area contributed by atoms with Crippen molar-refractivity contribution in [1.29, 1.82) is 0 Å². The number of hydrogen-bond donors (Lipinski definition) is 2. The van der Waals surface area contributed by atoms with Crippen LogP contribution in [0.15, 0.2) is 48.7 Å². The number of ether oxygens (including phenoxy) is 1. The van der Waals surface area contributed by atoms with Gasteiger partial charge < -0.3 is 10.5 Å². The van der Waals surface area contributed by atoms with Gasteiger partial charge in [0.05, 0.1) is 6.20 Å². The maximum atomic E-state index is 6.00. The summed E-state index contributed by atoms with van der Waals surface area (Å²) in [5.74, 6) is 1.51. The molecule has 0 spiro atoms.